The van der Waals surface area contributed by atoms with Gasteiger partial charge in [-0.1, -0.05) is 19.3 Å². The fourth-order valence-electron chi connectivity index (χ4n) is 2.90. The Morgan fingerprint density at radius 2 is 1.84 bits per heavy atom. The van der Waals surface area contributed by atoms with Gasteiger partial charge in [0.1, 0.15) is 5.82 Å². The average Bonchev–Trinajstić information content (AvgIpc) is 2.82. The molecule has 0 radical (unpaired) electrons. The number of nitrogens with two attached hydrogens (primary N) is 1. The van der Waals surface area contributed by atoms with Crippen molar-refractivity contribution in [2.24, 2.45) is 11.7 Å². The second-order valence-corrected chi connectivity index (χ2v) is 5.33. The minimum atomic E-state index is -0.878. The van der Waals surface area contributed by atoms with Gasteiger partial charge in [-0.15, -0.1) is 0 Å². The Bertz CT molecular complexity index is 549. The summed E-state index contributed by atoms with van der Waals surface area (Å²) in [4.78, 5) is 7.32. The number of halogens is 2. The molecule has 3 N–H and O–H groups in total. The third-order valence-electron chi connectivity index (χ3n) is 4.02. The van der Waals surface area contributed by atoms with E-state index in [1.165, 1.54) is 19.3 Å². The van der Waals surface area contributed by atoms with E-state index in [4.69, 9.17) is 5.73 Å². The highest BCUT2D eigenvalue weighted by atomic mass is 19.2. The minimum Gasteiger partial charge on any atom is -0.341 e. The smallest absolute Gasteiger partial charge is 0.161 e. The SMILES string of the molecule is NC(c1nc2cc(F)c(F)cc2[nH]1)C1CCCCC1. The van der Waals surface area contributed by atoms with Crippen LogP contribution in [0.15, 0.2) is 12.1 Å². The Morgan fingerprint density at radius 3 is 2.58 bits per heavy atom. The van der Waals surface area contributed by atoms with Crippen LogP contribution in [-0.4, -0.2) is 9.97 Å². The maximum atomic E-state index is 13.2. The van der Waals surface area contributed by atoms with E-state index in [0.717, 1.165) is 25.0 Å². The second kappa shape index (κ2) is 4.89. The molecule has 0 amide bonds. The van der Waals surface area contributed by atoms with Crippen LogP contribution in [0.5, 0.6) is 0 Å². The van der Waals surface area contributed by atoms with Crippen molar-refractivity contribution in [3.05, 3.63) is 29.6 Å². The maximum absolute atomic E-state index is 13.2. The molecule has 0 saturated heterocycles. The summed E-state index contributed by atoms with van der Waals surface area (Å²) in [6.07, 6.45) is 5.85. The number of benzene rings is 1. The number of hydrogen-bond acceptors (Lipinski definition) is 2. The molecule has 1 aromatic carbocycles. The lowest BCUT2D eigenvalue weighted by Crippen LogP contribution is -2.24. The van der Waals surface area contributed by atoms with Crippen molar-refractivity contribution in [2.75, 3.05) is 0 Å². The third kappa shape index (κ3) is 2.34. The van der Waals surface area contributed by atoms with Crippen LogP contribution < -0.4 is 5.73 Å². The molecule has 1 saturated carbocycles. The summed E-state index contributed by atoms with van der Waals surface area (Å²) < 4.78 is 26.3. The van der Waals surface area contributed by atoms with Gasteiger partial charge >= 0.3 is 0 Å². The van der Waals surface area contributed by atoms with Gasteiger partial charge in [-0.2, -0.15) is 0 Å². The van der Waals surface area contributed by atoms with Crippen molar-refractivity contribution < 1.29 is 8.78 Å². The van der Waals surface area contributed by atoms with Crippen molar-refractivity contribution in [1.82, 2.24) is 9.97 Å². The van der Waals surface area contributed by atoms with Gasteiger partial charge in [0.05, 0.1) is 17.1 Å². The first-order valence-electron chi connectivity index (χ1n) is 6.75. The number of aromatic nitrogens is 2. The van der Waals surface area contributed by atoms with Gasteiger partial charge in [-0.3, -0.25) is 0 Å². The average molecular weight is 265 g/mol. The Balaban J connectivity index is 1.91. The van der Waals surface area contributed by atoms with Gasteiger partial charge < -0.3 is 10.7 Å². The number of imidazole rings is 1. The van der Waals surface area contributed by atoms with E-state index in [1.54, 1.807) is 0 Å². The minimum absolute atomic E-state index is 0.182. The molecule has 0 aliphatic heterocycles. The highest BCUT2D eigenvalue weighted by Crippen LogP contribution is 2.32. The summed E-state index contributed by atoms with van der Waals surface area (Å²) in [5, 5.41) is 0. The molecule has 1 aliphatic rings. The fraction of sp³-hybridized carbons (Fsp3) is 0.500. The zero-order valence-electron chi connectivity index (χ0n) is 10.6. The Kier molecular flexibility index (Phi) is 3.22. The summed E-state index contributed by atoms with van der Waals surface area (Å²) in [6, 6.07) is 2.06. The van der Waals surface area contributed by atoms with Crippen LogP contribution in [0, 0.1) is 17.6 Å². The first-order valence-corrected chi connectivity index (χ1v) is 6.75. The lowest BCUT2D eigenvalue weighted by molar-refractivity contribution is 0.302. The van der Waals surface area contributed by atoms with E-state index in [9.17, 15) is 8.78 Å². The maximum Gasteiger partial charge on any atom is 0.161 e. The van der Waals surface area contributed by atoms with Crippen LogP contribution in [0.2, 0.25) is 0 Å². The number of aromatic amines is 1. The van der Waals surface area contributed by atoms with Crippen molar-refractivity contribution >= 4 is 11.0 Å². The molecule has 1 aromatic heterocycles. The molecule has 3 rings (SSSR count). The highest BCUT2D eigenvalue weighted by Gasteiger charge is 2.24. The van der Waals surface area contributed by atoms with Crippen molar-refractivity contribution in [3.8, 4) is 0 Å². The summed E-state index contributed by atoms with van der Waals surface area (Å²) in [6.45, 7) is 0. The van der Waals surface area contributed by atoms with Crippen LogP contribution >= 0.6 is 0 Å². The van der Waals surface area contributed by atoms with Crippen molar-refractivity contribution in [2.45, 2.75) is 38.1 Å². The topological polar surface area (TPSA) is 54.7 Å². The summed E-state index contributed by atoms with van der Waals surface area (Å²) in [5.74, 6) is -0.707. The second-order valence-electron chi connectivity index (χ2n) is 5.33. The molecular formula is C14H17F2N3. The van der Waals surface area contributed by atoms with E-state index in [-0.39, 0.29) is 6.04 Å². The highest BCUT2D eigenvalue weighted by molar-refractivity contribution is 5.75. The number of rotatable bonds is 2. The molecule has 102 valence electrons. The molecule has 3 nitrogen and oxygen atoms in total. The lowest BCUT2D eigenvalue weighted by atomic mass is 9.84. The summed E-state index contributed by atoms with van der Waals surface area (Å²) >= 11 is 0. The van der Waals surface area contributed by atoms with Crippen LogP contribution in [0.1, 0.15) is 44.0 Å². The Morgan fingerprint density at radius 1 is 1.16 bits per heavy atom. The zero-order valence-corrected chi connectivity index (χ0v) is 10.6. The zero-order chi connectivity index (χ0) is 13.4. The molecule has 1 atom stereocenters. The first kappa shape index (κ1) is 12.5. The standard InChI is InChI=1S/C14H17F2N3/c15-9-6-11-12(7-10(9)16)19-14(18-11)13(17)8-4-2-1-3-5-8/h6-8,13H,1-5,17H2,(H,18,19). The van der Waals surface area contributed by atoms with Crippen LogP contribution in [0.4, 0.5) is 8.78 Å². The van der Waals surface area contributed by atoms with Gasteiger partial charge in [-0.25, -0.2) is 13.8 Å². The number of hydrogen-bond donors (Lipinski definition) is 2. The monoisotopic (exact) mass is 265 g/mol. The van der Waals surface area contributed by atoms with Crippen LogP contribution in [0.25, 0.3) is 11.0 Å². The number of nitrogens with one attached hydrogen (secondary N) is 1. The summed E-state index contributed by atoms with van der Waals surface area (Å²) in [5.41, 5.74) is 7.16. The molecule has 5 heteroatoms. The number of H-pyrrole nitrogens is 1. The van der Waals surface area contributed by atoms with Crippen LogP contribution in [-0.2, 0) is 0 Å². The molecular weight excluding hydrogens is 248 g/mol. The lowest BCUT2D eigenvalue weighted by Gasteiger charge is -2.25. The molecule has 1 fully saturated rings. The predicted molar refractivity (Wildman–Crippen MR) is 69.5 cm³/mol. The number of nitrogens with zero attached hydrogens (tertiary/aromatic N) is 1. The van der Waals surface area contributed by atoms with Gasteiger partial charge in [0, 0.05) is 12.1 Å². The van der Waals surface area contributed by atoms with Gasteiger partial charge in [0.15, 0.2) is 11.6 Å². The van der Waals surface area contributed by atoms with Gasteiger partial charge in [-0.05, 0) is 18.8 Å². The molecule has 1 unspecified atom stereocenters. The quantitative estimate of drug-likeness (QED) is 0.874. The largest absolute Gasteiger partial charge is 0.341 e. The third-order valence-corrected chi connectivity index (χ3v) is 4.02. The van der Waals surface area contributed by atoms with Gasteiger partial charge in [0.25, 0.3) is 0 Å². The van der Waals surface area contributed by atoms with E-state index in [2.05, 4.69) is 9.97 Å². The molecule has 0 spiro atoms. The van der Waals surface area contributed by atoms with E-state index < -0.39 is 11.6 Å². The summed E-state index contributed by atoms with van der Waals surface area (Å²) in [7, 11) is 0. The number of fused-ring (bicyclic) bond motifs is 1. The fourth-order valence-corrected chi connectivity index (χ4v) is 2.90. The van der Waals surface area contributed by atoms with Crippen molar-refractivity contribution in [1.29, 1.82) is 0 Å². The predicted octanol–water partition coefficient (Wildman–Crippen LogP) is 3.42. The van der Waals surface area contributed by atoms with Gasteiger partial charge in [0.2, 0.25) is 0 Å². The Hall–Kier alpha value is -1.49. The molecule has 2 aromatic rings. The van der Waals surface area contributed by atoms with Crippen molar-refractivity contribution in [3.63, 3.8) is 0 Å². The van der Waals surface area contributed by atoms with E-state index in [1.807, 2.05) is 0 Å². The normalized spacial score (nSPS) is 18.9. The Labute approximate surface area is 110 Å². The molecule has 1 aliphatic carbocycles. The molecule has 0 bridgehead atoms. The molecule has 1 heterocycles. The van der Waals surface area contributed by atoms with E-state index in [0.29, 0.717) is 22.8 Å². The molecule has 19 heavy (non-hydrogen) atoms. The van der Waals surface area contributed by atoms with E-state index >= 15 is 0 Å². The first-order chi connectivity index (χ1) is 9.15. The van der Waals surface area contributed by atoms with Crippen LogP contribution in [0.3, 0.4) is 0 Å².